The molecule has 2 aromatic heterocycles. The molecule has 30 heavy (non-hydrogen) atoms. The van der Waals surface area contributed by atoms with E-state index in [1.807, 2.05) is 36.5 Å². The number of nitrogens with one attached hydrogen (secondary N) is 1. The van der Waals surface area contributed by atoms with Gasteiger partial charge in [0.05, 0.1) is 0 Å². The summed E-state index contributed by atoms with van der Waals surface area (Å²) in [6.07, 6.45) is 8.38. The lowest BCUT2D eigenvalue weighted by Gasteiger charge is -2.35. The van der Waals surface area contributed by atoms with Gasteiger partial charge in [-0.1, -0.05) is 12.0 Å². The minimum absolute atomic E-state index is 0.219. The Bertz CT molecular complexity index is 1100. The quantitative estimate of drug-likeness (QED) is 0.549. The predicted molar refractivity (Wildman–Crippen MR) is 113 cm³/mol. The molecule has 3 aromatic rings. The summed E-state index contributed by atoms with van der Waals surface area (Å²) in [6, 6.07) is 9.37. The maximum atomic E-state index is 11.2. The van der Waals surface area contributed by atoms with Crippen molar-refractivity contribution in [1.82, 2.24) is 19.5 Å². The highest BCUT2D eigenvalue weighted by atomic mass is 16.6. The number of hydrogen-bond acceptors (Lipinski definition) is 7. The average Bonchev–Trinajstić information content (AvgIpc) is 3.14. The summed E-state index contributed by atoms with van der Waals surface area (Å²) in [5, 5.41) is 7.64. The Balaban J connectivity index is 1.58. The van der Waals surface area contributed by atoms with Crippen LogP contribution >= 0.6 is 0 Å². The molecule has 9 heteroatoms. The zero-order chi connectivity index (χ0) is 21.1. The van der Waals surface area contributed by atoms with Crippen LogP contribution in [0.3, 0.4) is 0 Å². The minimum Gasteiger partial charge on any atom is -0.443 e. The number of nitrogens with two attached hydrogens (primary N) is 2. The number of fused-ring (bicyclic) bond motifs is 1. The van der Waals surface area contributed by atoms with Crippen molar-refractivity contribution >= 4 is 23.1 Å². The fraction of sp³-hybridized carbons (Fsp3) is 0.286. The van der Waals surface area contributed by atoms with Crippen LogP contribution in [0.25, 0.3) is 5.52 Å². The molecule has 2 atom stereocenters. The van der Waals surface area contributed by atoms with Gasteiger partial charge in [-0.2, -0.15) is 5.10 Å². The molecule has 0 bridgehead atoms. The lowest BCUT2D eigenvalue weighted by atomic mass is 10.0. The second-order valence-electron chi connectivity index (χ2n) is 7.26. The van der Waals surface area contributed by atoms with Crippen LogP contribution in [-0.2, 0) is 11.3 Å². The SMILES string of the molecule is C#Cc1cccc(Nc2ncnn3ccc(CN4CC[C@@H](N)[C@H](OC(N)=O)C4)c23)c1. The van der Waals surface area contributed by atoms with Crippen molar-refractivity contribution in [3.8, 4) is 12.3 Å². The van der Waals surface area contributed by atoms with Crippen LogP contribution in [0, 0.1) is 12.3 Å². The maximum absolute atomic E-state index is 11.2. The minimum atomic E-state index is -0.805. The topological polar surface area (TPSA) is 124 Å². The molecule has 154 valence electrons. The first-order valence-corrected chi connectivity index (χ1v) is 9.62. The number of amides is 1. The number of primary amides is 1. The van der Waals surface area contributed by atoms with Gasteiger partial charge in [-0.15, -0.1) is 6.42 Å². The van der Waals surface area contributed by atoms with Crippen molar-refractivity contribution in [3.63, 3.8) is 0 Å². The van der Waals surface area contributed by atoms with Gasteiger partial charge < -0.3 is 21.5 Å². The molecule has 0 aliphatic carbocycles. The number of nitrogens with zero attached hydrogens (tertiary/aromatic N) is 4. The highest BCUT2D eigenvalue weighted by Crippen LogP contribution is 2.25. The van der Waals surface area contributed by atoms with Crippen molar-refractivity contribution in [2.75, 3.05) is 18.4 Å². The summed E-state index contributed by atoms with van der Waals surface area (Å²) in [7, 11) is 0. The van der Waals surface area contributed by atoms with Gasteiger partial charge in [0.2, 0.25) is 0 Å². The smallest absolute Gasteiger partial charge is 0.404 e. The van der Waals surface area contributed by atoms with E-state index >= 15 is 0 Å². The largest absolute Gasteiger partial charge is 0.443 e. The zero-order valence-corrected chi connectivity index (χ0v) is 16.4. The number of rotatable bonds is 5. The van der Waals surface area contributed by atoms with Crippen LogP contribution in [0.1, 0.15) is 17.5 Å². The van der Waals surface area contributed by atoms with Crippen molar-refractivity contribution in [2.24, 2.45) is 11.5 Å². The number of likely N-dealkylation sites (tertiary alicyclic amines) is 1. The number of carbonyl (C=O) groups is 1. The standard InChI is InChI=1S/C21H23N7O2/c1-2-14-4-3-5-16(10-14)26-20-19-15(6-9-28(19)25-13-24-20)11-27-8-7-17(22)18(12-27)30-21(23)29/h1,3-6,9-10,13,17-18H,7-8,11-12,22H2,(H2,23,29)(H,24,25,26)/t17-,18-/m1/s1. The maximum Gasteiger partial charge on any atom is 0.404 e. The van der Waals surface area contributed by atoms with E-state index in [0.717, 1.165) is 28.9 Å². The van der Waals surface area contributed by atoms with E-state index in [0.29, 0.717) is 25.3 Å². The van der Waals surface area contributed by atoms with Gasteiger partial charge in [-0.25, -0.2) is 14.3 Å². The number of aromatic nitrogens is 3. The fourth-order valence-electron chi connectivity index (χ4n) is 3.72. The predicted octanol–water partition coefficient (Wildman–Crippen LogP) is 1.45. The van der Waals surface area contributed by atoms with Gasteiger partial charge in [0.15, 0.2) is 5.82 Å². The van der Waals surface area contributed by atoms with E-state index in [-0.39, 0.29) is 6.04 Å². The van der Waals surface area contributed by atoms with Crippen LogP contribution in [0.2, 0.25) is 0 Å². The fourth-order valence-corrected chi connectivity index (χ4v) is 3.72. The van der Waals surface area contributed by atoms with Crippen molar-refractivity contribution in [3.05, 3.63) is 54.0 Å². The molecule has 5 N–H and O–H groups in total. The van der Waals surface area contributed by atoms with Crippen LogP contribution < -0.4 is 16.8 Å². The second kappa shape index (κ2) is 8.41. The number of ether oxygens (including phenoxy) is 1. The van der Waals surface area contributed by atoms with Crippen molar-refractivity contribution < 1.29 is 9.53 Å². The summed E-state index contributed by atoms with van der Waals surface area (Å²) in [5.74, 6) is 3.31. The number of carbonyl (C=O) groups excluding carboxylic acids is 1. The summed E-state index contributed by atoms with van der Waals surface area (Å²) < 4.78 is 6.96. The molecule has 1 aliphatic rings. The third-order valence-electron chi connectivity index (χ3n) is 5.19. The lowest BCUT2D eigenvalue weighted by Crippen LogP contribution is -2.52. The Kier molecular flexibility index (Phi) is 5.52. The summed E-state index contributed by atoms with van der Waals surface area (Å²) in [4.78, 5) is 17.8. The van der Waals surface area contributed by atoms with Gasteiger partial charge in [-0.3, -0.25) is 4.90 Å². The molecule has 1 amide bonds. The first-order chi connectivity index (χ1) is 14.5. The number of hydrogen-bond donors (Lipinski definition) is 3. The van der Waals surface area contributed by atoms with Crippen molar-refractivity contribution in [1.29, 1.82) is 0 Å². The first-order valence-electron chi connectivity index (χ1n) is 9.62. The molecule has 3 heterocycles. The Labute approximate surface area is 174 Å². The van der Waals surface area contributed by atoms with Gasteiger partial charge in [-0.05, 0) is 36.2 Å². The van der Waals surface area contributed by atoms with E-state index in [1.165, 1.54) is 6.33 Å². The van der Waals surface area contributed by atoms with Crippen LogP contribution in [0.4, 0.5) is 16.3 Å². The van der Waals surface area contributed by atoms with Crippen LogP contribution in [0.15, 0.2) is 42.9 Å². The second-order valence-corrected chi connectivity index (χ2v) is 7.26. The van der Waals surface area contributed by atoms with Gasteiger partial charge in [0.1, 0.15) is 17.9 Å². The van der Waals surface area contributed by atoms with Crippen LogP contribution in [-0.4, -0.2) is 50.8 Å². The Morgan fingerprint density at radius 1 is 1.40 bits per heavy atom. The molecule has 0 saturated carbocycles. The van der Waals surface area contributed by atoms with Gasteiger partial charge in [0.25, 0.3) is 0 Å². The molecule has 4 rings (SSSR count). The highest BCUT2D eigenvalue weighted by Gasteiger charge is 2.29. The molecular formula is C21H23N7O2. The molecule has 1 aromatic carbocycles. The van der Waals surface area contributed by atoms with Gasteiger partial charge >= 0.3 is 6.09 Å². The van der Waals surface area contributed by atoms with E-state index in [1.54, 1.807) is 4.52 Å². The molecular weight excluding hydrogens is 382 g/mol. The Morgan fingerprint density at radius 3 is 3.07 bits per heavy atom. The summed E-state index contributed by atoms with van der Waals surface area (Å²) >= 11 is 0. The first kappa shape index (κ1) is 19.7. The Hall–Kier alpha value is -3.61. The number of anilines is 2. The van der Waals surface area contributed by atoms with Crippen LogP contribution in [0.5, 0.6) is 0 Å². The molecule has 9 nitrogen and oxygen atoms in total. The van der Waals surface area contributed by atoms with E-state index in [2.05, 4.69) is 26.2 Å². The molecule has 1 aliphatic heterocycles. The normalized spacial score (nSPS) is 19.3. The monoisotopic (exact) mass is 405 g/mol. The Morgan fingerprint density at radius 2 is 2.27 bits per heavy atom. The molecule has 0 radical (unpaired) electrons. The lowest BCUT2D eigenvalue weighted by molar-refractivity contribution is 0.0313. The van der Waals surface area contributed by atoms with Gasteiger partial charge in [0, 0.05) is 43.1 Å². The molecule has 0 unspecified atom stereocenters. The number of benzene rings is 1. The third-order valence-corrected chi connectivity index (χ3v) is 5.19. The van der Waals surface area contributed by atoms with E-state index < -0.39 is 12.2 Å². The average molecular weight is 405 g/mol. The summed E-state index contributed by atoms with van der Waals surface area (Å²) in [6.45, 7) is 1.94. The zero-order valence-electron chi connectivity index (χ0n) is 16.4. The summed E-state index contributed by atoms with van der Waals surface area (Å²) in [5.41, 5.74) is 14.8. The number of terminal acetylenes is 1. The molecule has 0 spiro atoms. The van der Waals surface area contributed by atoms with E-state index in [9.17, 15) is 4.79 Å². The number of piperidine rings is 1. The van der Waals surface area contributed by atoms with Crippen molar-refractivity contribution in [2.45, 2.75) is 25.1 Å². The van der Waals surface area contributed by atoms with E-state index in [4.69, 9.17) is 22.6 Å². The molecule has 1 saturated heterocycles. The third kappa shape index (κ3) is 4.20. The highest BCUT2D eigenvalue weighted by molar-refractivity contribution is 5.76. The molecule has 1 fully saturated rings.